The third-order valence-corrected chi connectivity index (χ3v) is 10.5. The molecule has 0 heterocycles. The monoisotopic (exact) mass is 402 g/mol. The summed E-state index contributed by atoms with van der Waals surface area (Å²) in [5.74, 6) is -0.475. The highest BCUT2D eigenvalue weighted by molar-refractivity contribution is 6.80. The zero-order chi connectivity index (χ0) is 20.9. The molecular weight excluding hydrogens is 364 g/mol. The van der Waals surface area contributed by atoms with Gasteiger partial charge in [0.25, 0.3) is 0 Å². The molecule has 0 atom stereocenters. The molecule has 0 aromatic rings. The van der Waals surface area contributed by atoms with Gasteiger partial charge in [0, 0.05) is 25.9 Å². The number of esters is 2. The molecule has 0 spiro atoms. The Kier molecular flexibility index (Phi) is 12.0. The molecule has 2 amide bonds. The SMILES string of the molecule is CCOC(=O)CCCNC(=O)NCCCC(=O)OCC[Si](C)(C)C(C)(C)C. The van der Waals surface area contributed by atoms with Gasteiger partial charge < -0.3 is 20.1 Å². The van der Waals surface area contributed by atoms with E-state index < -0.39 is 8.07 Å². The number of nitrogens with one attached hydrogen (secondary N) is 2. The highest BCUT2D eigenvalue weighted by atomic mass is 28.3. The summed E-state index contributed by atoms with van der Waals surface area (Å²) in [7, 11) is -1.42. The number of hydrogen-bond acceptors (Lipinski definition) is 5. The van der Waals surface area contributed by atoms with Crippen LogP contribution in [0.1, 0.15) is 53.4 Å². The van der Waals surface area contributed by atoms with Gasteiger partial charge in [-0.2, -0.15) is 0 Å². The minimum absolute atomic E-state index is 0.217. The van der Waals surface area contributed by atoms with Gasteiger partial charge in [0.15, 0.2) is 0 Å². The lowest BCUT2D eigenvalue weighted by Gasteiger charge is -2.36. The third-order valence-electron chi connectivity index (χ3n) is 5.01. The highest BCUT2D eigenvalue weighted by Crippen LogP contribution is 2.38. The van der Waals surface area contributed by atoms with Crippen LogP contribution in [-0.2, 0) is 19.1 Å². The fraction of sp³-hybridized carbons (Fsp3) is 0.842. The van der Waals surface area contributed by atoms with E-state index in [0.29, 0.717) is 45.6 Å². The van der Waals surface area contributed by atoms with Gasteiger partial charge in [-0.15, -0.1) is 0 Å². The Morgan fingerprint density at radius 3 is 1.81 bits per heavy atom. The van der Waals surface area contributed by atoms with Crippen molar-refractivity contribution in [2.45, 2.75) is 77.6 Å². The summed E-state index contributed by atoms with van der Waals surface area (Å²) in [6, 6.07) is 0.652. The van der Waals surface area contributed by atoms with E-state index in [4.69, 9.17) is 9.47 Å². The molecular formula is C19H38N2O5Si. The van der Waals surface area contributed by atoms with Crippen LogP contribution in [0.3, 0.4) is 0 Å². The summed E-state index contributed by atoms with van der Waals surface area (Å²) < 4.78 is 10.1. The van der Waals surface area contributed by atoms with Crippen LogP contribution in [0.15, 0.2) is 0 Å². The predicted molar refractivity (Wildman–Crippen MR) is 109 cm³/mol. The average molecular weight is 403 g/mol. The molecule has 0 aromatic carbocycles. The Morgan fingerprint density at radius 2 is 1.37 bits per heavy atom. The van der Waals surface area contributed by atoms with Gasteiger partial charge in [0.2, 0.25) is 0 Å². The summed E-state index contributed by atoms with van der Waals surface area (Å²) in [5.41, 5.74) is 0. The Labute approximate surface area is 165 Å². The molecule has 158 valence electrons. The maximum Gasteiger partial charge on any atom is 0.314 e. The molecule has 0 radical (unpaired) electrons. The number of urea groups is 1. The lowest BCUT2D eigenvalue weighted by Crippen LogP contribution is -2.38. The van der Waals surface area contributed by atoms with E-state index in [1.807, 2.05) is 0 Å². The van der Waals surface area contributed by atoms with Crippen LogP contribution >= 0.6 is 0 Å². The Bertz CT molecular complexity index is 475. The topological polar surface area (TPSA) is 93.7 Å². The zero-order valence-electron chi connectivity index (χ0n) is 17.9. The standard InChI is InChI=1S/C19H38N2O5Si/c1-7-25-16(22)10-8-12-20-18(24)21-13-9-11-17(23)26-14-15-27(5,6)19(2,3)4/h7-15H2,1-6H3,(H2,20,21,24). The molecule has 0 fully saturated rings. The van der Waals surface area contributed by atoms with Gasteiger partial charge in [-0.05, 0) is 30.8 Å². The first-order valence-electron chi connectivity index (χ1n) is 9.82. The number of carbonyl (C=O) groups is 3. The van der Waals surface area contributed by atoms with E-state index in [1.165, 1.54) is 0 Å². The molecule has 0 aliphatic carbocycles. The largest absolute Gasteiger partial charge is 0.466 e. The van der Waals surface area contributed by atoms with Crippen molar-refractivity contribution in [3.63, 3.8) is 0 Å². The van der Waals surface area contributed by atoms with Crippen LogP contribution in [-0.4, -0.2) is 52.3 Å². The van der Waals surface area contributed by atoms with Crippen molar-refractivity contribution in [3.05, 3.63) is 0 Å². The number of amides is 2. The first-order valence-corrected chi connectivity index (χ1v) is 13.0. The molecule has 0 saturated carbocycles. The molecule has 8 heteroatoms. The van der Waals surface area contributed by atoms with Gasteiger partial charge in [0.1, 0.15) is 0 Å². The van der Waals surface area contributed by atoms with Gasteiger partial charge in [0.05, 0.1) is 21.3 Å². The fourth-order valence-electron chi connectivity index (χ4n) is 2.03. The highest BCUT2D eigenvalue weighted by Gasteiger charge is 2.34. The van der Waals surface area contributed by atoms with Crippen LogP contribution in [0.2, 0.25) is 24.2 Å². The second kappa shape index (κ2) is 12.7. The molecule has 0 rings (SSSR count). The molecule has 0 aliphatic heterocycles. The minimum Gasteiger partial charge on any atom is -0.466 e. The molecule has 7 nitrogen and oxygen atoms in total. The van der Waals surface area contributed by atoms with Crippen molar-refractivity contribution < 1.29 is 23.9 Å². The van der Waals surface area contributed by atoms with Crippen LogP contribution in [0.4, 0.5) is 4.79 Å². The number of rotatable bonds is 12. The van der Waals surface area contributed by atoms with Crippen molar-refractivity contribution in [1.82, 2.24) is 10.6 Å². The fourth-order valence-corrected chi connectivity index (χ4v) is 3.39. The summed E-state index contributed by atoms with van der Waals surface area (Å²) in [5, 5.41) is 5.63. The van der Waals surface area contributed by atoms with Gasteiger partial charge in [-0.1, -0.05) is 33.9 Å². The van der Waals surface area contributed by atoms with Crippen LogP contribution < -0.4 is 10.6 Å². The van der Waals surface area contributed by atoms with Crippen molar-refractivity contribution in [2.75, 3.05) is 26.3 Å². The Morgan fingerprint density at radius 1 is 0.889 bits per heavy atom. The number of ether oxygens (including phenoxy) is 2. The molecule has 0 bridgehead atoms. The molecule has 0 unspecified atom stereocenters. The van der Waals surface area contributed by atoms with Crippen LogP contribution in [0, 0.1) is 0 Å². The predicted octanol–water partition coefficient (Wildman–Crippen LogP) is 3.46. The van der Waals surface area contributed by atoms with Gasteiger partial charge in [-0.25, -0.2) is 4.79 Å². The summed E-state index contributed by atoms with van der Waals surface area (Å²) in [6.45, 7) is 14.8. The van der Waals surface area contributed by atoms with Crippen molar-refractivity contribution in [2.24, 2.45) is 0 Å². The van der Waals surface area contributed by atoms with Crippen LogP contribution in [0.25, 0.3) is 0 Å². The summed E-state index contributed by atoms with van der Waals surface area (Å²) in [4.78, 5) is 34.5. The zero-order valence-corrected chi connectivity index (χ0v) is 18.9. The van der Waals surface area contributed by atoms with E-state index >= 15 is 0 Å². The van der Waals surface area contributed by atoms with Crippen molar-refractivity contribution >= 4 is 26.0 Å². The van der Waals surface area contributed by atoms with Crippen molar-refractivity contribution in [1.29, 1.82) is 0 Å². The summed E-state index contributed by atoms with van der Waals surface area (Å²) >= 11 is 0. The second-order valence-electron chi connectivity index (χ2n) is 8.30. The normalized spacial score (nSPS) is 11.6. The van der Waals surface area contributed by atoms with E-state index in [0.717, 1.165) is 6.04 Å². The van der Waals surface area contributed by atoms with Crippen molar-refractivity contribution in [3.8, 4) is 0 Å². The second-order valence-corrected chi connectivity index (χ2v) is 14.1. The molecule has 27 heavy (non-hydrogen) atoms. The lowest BCUT2D eigenvalue weighted by atomic mass is 10.2. The lowest BCUT2D eigenvalue weighted by molar-refractivity contribution is -0.144. The number of carbonyl (C=O) groups excluding carboxylic acids is 3. The van der Waals surface area contributed by atoms with E-state index in [2.05, 4.69) is 44.5 Å². The first kappa shape index (κ1) is 25.4. The molecule has 2 N–H and O–H groups in total. The number of hydrogen-bond donors (Lipinski definition) is 2. The Hall–Kier alpha value is -1.57. The van der Waals surface area contributed by atoms with Crippen LogP contribution in [0.5, 0.6) is 0 Å². The summed E-state index contributed by atoms with van der Waals surface area (Å²) in [6.07, 6.45) is 1.65. The minimum atomic E-state index is -1.42. The molecule has 0 aliphatic rings. The Balaban J connectivity index is 3.70. The van der Waals surface area contributed by atoms with E-state index in [-0.39, 0.29) is 29.4 Å². The third kappa shape index (κ3) is 12.4. The average Bonchev–Trinajstić information content (AvgIpc) is 2.54. The smallest absolute Gasteiger partial charge is 0.314 e. The maximum atomic E-state index is 11.8. The van der Waals surface area contributed by atoms with E-state index in [1.54, 1.807) is 6.92 Å². The van der Waals surface area contributed by atoms with Gasteiger partial charge >= 0.3 is 18.0 Å². The first-order chi connectivity index (χ1) is 12.5. The van der Waals surface area contributed by atoms with Gasteiger partial charge in [-0.3, -0.25) is 9.59 Å². The molecule has 0 saturated heterocycles. The maximum absolute atomic E-state index is 11.8. The quantitative estimate of drug-likeness (QED) is 0.296. The van der Waals surface area contributed by atoms with E-state index in [9.17, 15) is 14.4 Å². The molecule has 0 aromatic heterocycles.